The summed E-state index contributed by atoms with van der Waals surface area (Å²) < 4.78 is 58.2. The minimum atomic E-state index is -4.51. The number of benzene rings is 3. The molecule has 0 aliphatic carbocycles. The Labute approximate surface area is 263 Å². The molecular formula is C32H35F4N5O5. The molecule has 3 aromatic carbocycles. The SMILES string of the molecule is C[C@@H]1CN([C@@H](C)CO)C(=O)Cc2cc(NC(=O)Nc3ccc(C(F)(F)F)cc3)ccc2O[C@@H]1CN(C)C(=O)Nc1ccc(F)cc1. The molecule has 14 heteroatoms. The first-order valence-corrected chi connectivity index (χ1v) is 14.5. The van der Waals surface area contributed by atoms with Crippen molar-refractivity contribution in [3.63, 3.8) is 0 Å². The topological polar surface area (TPSA) is 123 Å². The molecule has 0 spiro atoms. The highest BCUT2D eigenvalue weighted by Gasteiger charge is 2.32. The van der Waals surface area contributed by atoms with Gasteiger partial charge in [-0.3, -0.25) is 4.79 Å². The van der Waals surface area contributed by atoms with Crippen molar-refractivity contribution in [2.45, 2.75) is 38.6 Å². The largest absolute Gasteiger partial charge is 0.488 e. The van der Waals surface area contributed by atoms with E-state index in [1.54, 1.807) is 37.1 Å². The number of aliphatic hydroxyl groups is 1. The van der Waals surface area contributed by atoms with E-state index in [0.29, 0.717) is 22.7 Å². The molecular weight excluding hydrogens is 610 g/mol. The van der Waals surface area contributed by atoms with E-state index in [2.05, 4.69) is 16.0 Å². The summed E-state index contributed by atoms with van der Waals surface area (Å²) in [5, 5.41) is 17.6. The molecule has 4 rings (SSSR count). The van der Waals surface area contributed by atoms with Gasteiger partial charge < -0.3 is 35.6 Å². The van der Waals surface area contributed by atoms with Crippen LogP contribution in [0.4, 0.5) is 44.2 Å². The van der Waals surface area contributed by atoms with E-state index >= 15 is 0 Å². The molecule has 0 unspecified atom stereocenters. The first kappa shape index (κ1) is 34.0. The molecule has 0 aromatic heterocycles. The van der Waals surface area contributed by atoms with Gasteiger partial charge in [-0.05, 0) is 73.7 Å². The highest BCUT2D eigenvalue weighted by molar-refractivity contribution is 6.00. The zero-order valence-electron chi connectivity index (χ0n) is 25.4. The number of carbonyl (C=O) groups is 3. The van der Waals surface area contributed by atoms with Crippen LogP contribution in [0.25, 0.3) is 0 Å². The zero-order valence-corrected chi connectivity index (χ0v) is 25.4. The Bertz CT molecular complexity index is 1540. The number of aliphatic hydroxyl groups excluding tert-OH is 1. The number of nitrogens with one attached hydrogen (secondary N) is 3. The predicted molar refractivity (Wildman–Crippen MR) is 164 cm³/mol. The van der Waals surface area contributed by atoms with Crippen LogP contribution in [0.5, 0.6) is 5.75 Å². The molecule has 5 amide bonds. The van der Waals surface area contributed by atoms with Crippen LogP contribution in [-0.4, -0.2) is 71.8 Å². The Balaban J connectivity index is 1.53. The zero-order chi connectivity index (χ0) is 33.6. The van der Waals surface area contributed by atoms with Gasteiger partial charge in [-0.1, -0.05) is 6.92 Å². The van der Waals surface area contributed by atoms with Gasteiger partial charge in [0.1, 0.15) is 17.7 Å². The summed E-state index contributed by atoms with van der Waals surface area (Å²) in [7, 11) is 1.57. The van der Waals surface area contributed by atoms with Crippen LogP contribution < -0.4 is 20.7 Å². The van der Waals surface area contributed by atoms with Crippen LogP contribution in [0, 0.1) is 11.7 Å². The summed E-state index contributed by atoms with van der Waals surface area (Å²) in [4.78, 5) is 42.0. The fraction of sp³-hybridized carbons (Fsp3) is 0.344. The van der Waals surface area contributed by atoms with Gasteiger partial charge in [-0.2, -0.15) is 13.2 Å². The fourth-order valence-corrected chi connectivity index (χ4v) is 4.87. The maximum Gasteiger partial charge on any atom is 0.416 e. The second-order valence-corrected chi connectivity index (χ2v) is 11.2. The molecule has 246 valence electrons. The molecule has 1 heterocycles. The van der Waals surface area contributed by atoms with Crippen LogP contribution in [0.2, 0.25) is 0 Å². The minimum absolute atomic E-state index is 0.110. The van der Waals surface area contributed by atoms with Gasteiger partial charge in [-0.15, -0.1) is 0 Å². The summed E-state index contributed by atoms with van der Waals surface area (Å²) >= 11 is 0. The third-order valence-electron chi connectivity index (χ3n) is 7.54. The molecule has 0 bridgehead atoms. The fourth-order valence-electron chi connectivity index (χ4n) is 4.87. The summed E-state index contributed by atoms with van der Waals surface area (Å²) in [6, 6.07) is 12.3. The van der Waals surface area contributed by atoms with E-state index in [9.17, 15) is 37.1 Å². The third-order valence-corrected chi connectivity index (χ3v) is 7.54. The van der Waals surface area contributed by atoms with Gasteiger partial charge in [-0.25, -0.2) is 14.0 Å². The lowest BCUT2D eigenvalue weighted by Gasteiger charge is -2.34. The number of nitrogens with zero attached hydrogens (tertiary/aromatic N) is 2. The maximum atomic E-state index is 13.4. The Hall–Kier alpha value is -4.85. The van der Waals surface area contributed by atoms with Gasteiger partial charge in [0, 0.05) is 42.1 Å². The van der Waals surface area contributed by atoms with Gasteiger partial charge >= 0.3 is 18.2 Å². The van der Waals surface area contributed by atoms with Gasteiger partial charge in [0.25, 0.3) is 0 Å². The standard InChI is InChI=1S/C32H35F4N5O5/c1-19-16-41(20(2)18-42)29(43)15-21-14-26(38-30(44)37-24-8-4-22(5-9-24)32(34,35)36)12-13-27(21)46-28(19)17-40(3)31(45)39-25-10-6-23(33)7-11-25/h4-14,19-20,28,42H,15-18H2,1-3H3,(H,39,45)(H2,37,38,44)/t19-,20+,28-/m1/s1. The van der Waals surface area contributed by atoms with Crippen molar-refractivity contribution in [1.82, 2.24) is 9.80 Å². The van der Waals surface area contributed by atoms with Gasteiger partial charge in [0.15, 0.2) is 0 Å². The third kappa shape index (κ3) is 8.87. The highest BCUT2D eigenvalue weighted by atomic mass is 19.4. The second-order valence-electron chi connectivity index (χ2n) is 11.2. The second kappa shape index (κ2) is 14.5. The number of rotatable bonds is 7. The summed E-state index contributed by atoms with van der Waals surface area (Å²) in [6.45, 7) is 3.65. The monoisotopic (exact) mass is 645 g/mol. The Morgan fingerprint density at radius 3 is 2.22 bits per heavy atom. The number of likely N-dealkylation sites (N-methyl/N-ethyl adjacent to an activating group) is 1. The van der Waals surface area contributed by atoms with Crippen molar-refractivity contribution in [3.8, 4) is 5.75 Å². The number of anilines is 3. The van der Waals surface area contributed by atoms with E-state index in [1.807, 2.05) is 6.92 Å². The van der Waals surface area contributed by atoms with Crippen molar-refractivity contribution in [2.75, 3.05) is 42.7 Å². The Kier molecular flexibility index (Phi) is 10.7. The highest BCUT2D eigenvalue weighted by Crippen LogP contribution is 2.31. The normalized spacial score (nSPS) is 17.4. The lowest BCUT2D eigenvalue weighted by atomic mass is 10.0. The van der Waals surface area contributed by atoms with Gasteiger partial charge in [0.2, 0.25) is 5.91 Å². The number of amides is 5. The van der Waals surface area contributed by atoms with Crippen LogP contribution in [0.15, 0.2) is 66.7 Å². The predicted octanol–water partition coefficient (Wildman–Crippen LogP) is 5.80. The van der Waals surface area contributed by atoms with Crippen molar-refractivity contribution in [2.24, 2.45) is 5.92 Å². The van der Waals surface area contributed by atoms with Crippen LogP contribution in [-0.2, 0) is 17.4 Å². The number of carbonyl (C=O) groups excluding carboxylic acids is 3. The molecule has 0 saturated carbocycles. The summed E-state index contributed by atoms with van der Waals surface area (Å²) in [6.07, 6.45) is -5.23. The number of urea groups is 2. The minimum Gasteiger partial charge on any atom is -0.488 e. The molecule has 3 aromatic rings. The Morgan fingerprint density at radius 2 is 1.59 bits per heavy atom. The van der Waals surface area contributed by atoms with E-state index < -0.39 is 41.8 Å². The van der Waals surface area contributed by atoms with Crippen molar-refractivity contribution < 1.29 is 41.8 Å². The van der Waals surface area contributed by atoms with Crippen LogP contribution >= 0.6 is 0 Å². The van der Waals surface area contributed by atoms with E-state index in [0.717, 1.165) is 24.3 Å². The Morgan fingerprint density at radius 1 is 1.00 bits per heavy atom. The molecule has 0 radical (unpaired) electrons. The molecule has 1 aliphatic rings. The smallest absolute Gasteiger partial charge is 0.416 e. The van der Waals surface area contributed by atoms with E-state index in [1.165, 1.54) is 29.2 Å². The number of fused-ring (bicyclic) bond motifs is 1. The van der Waals surface area contributed by atoms with Crippen LogP contribution in [0.3, 0.4) is 0 Å². The van der Waals surface area contributed by atoms with E-state index in [4.69, 9.17) is 4.74 Å². The quantitative estimate of drug-likeness (QED) is 0.242. The molecule has 10 nitrogen and oxygen atoms in total. The first-order chi connectivity index (χ1) is 21.7. The van der Waals surface area contributed by atoms with Crippen molar-refractivity contribution in [3.05, 3.63) is 83.7 Å². The lowest BCUT2D eigenvalue weighted by molar-refractivity contribution is -0.137. The molecule has 1 aliphatic heterocycles. The molecule has 0 saturated heterocycles. The van der Waals surface area contributed by atoms with Crippen LogP contribution in [0.1, 0.15) is 25.0 Å². The molecule has 0 fully saturated rings. The maximum absolute atomic E-state index is 13.4. The molecule has 3 atom stereocenters. The average molecular weight is 646 g/mol. The lowest BCUT2D eigenvalue weighted by Crippen LogP contribution is -2.48. The molecule has 4 N–H and O–H groups in total. The number of hydrogen-bond acceptors (Lipinski definition) is 5. The first-order valence-electron chi connectivity index (χ1n) is 14.5. The average Bonchev–Trinajstić information content (AvgIpc) is 3.05. The van der Waals surface area contributed by atoms with Crippen molar-refractivity contribution >= 4 is 35.0 Å². The number of alkyl halides is 3. The summed E-state index contributed by atoms with van der Waals surface area (Å²) in [5.41, 5.74) is 0.427. The number of ether oxygens (including phenoxy) is 1. The number of halogens is 4. The van der Waals surface area contributed by atoms with Crippen molar-refractivity contribution in [1.29, 1.82) is 0 Å². The van der Waals surface area contributed by atoms with E-state index in [-0.39, 0.29) is 43.6 Å². The number of hydrogen-bond donors (Lipinski definition) is 4. The summed E-state index contributed by atoms with van der Waals surface area (Å²) in [5.74, 6) is -0.665. The molecule has 46 heavy (non-hydrogen) atoms. The van der Waals surface area contributed by atoms with Gasteiger partial charge in [0.05, 0.1) is 31.2 Å².